The van der Waals surface area contributed by atoms with Crippen molar-refractivity contribution in [3.8, 4) is 0 Å². The summed E-state index contributed by atoms with van der Waals surface area (Å²) in [6.45, 7) is 3.73. The van der Waals surface area contributed by atoms with Gasteiger partial charge in [0, 0.05) is 72.6 Å². The van der Waals surface area contributed by atoms with Crippen molar-refractivity contribution in [3.05, 3.63) is 59.2 Å². The minimum atomic E-state index is -0.338. The molecule has 0 radical (unpaired) electrons. The van der Waals surface area contributed by atoms with E-state index in [0.717, 1.165) is 71.3 Å². The molecule has 1 saturated heterocycles. The Morgan fingerprint density at radius 2 is 1.79 bits per heavy atom. The first kappa shape index (κ1) is 21.3. The van der Waals surface area contributed by atoms with Crippen LogP contribution in [0.2, 0.25) is 0 Å². The van der Waals surface area contributed by atoms with E-state index in [1.807, 2.05) is 35.8 Å². The van der Waals surface area contributed by atoms with Crippen molar-refractivity contribution in [2.24, 2.45) is 0 Å². The smallest absolute Gasteiger partial charge is 0.259 e. The number of amides is 2. The van der Waals surface area contributed by atoms with E-state index in [2.05, 4.69) is 32.0 Å². The van der Waals surface area contributed by atoms with Gasteiger partial charge in [-0.2, -0.15) is 0 Å². The van der Waals surface area contributed by atoms with Crippen molar-refractivity contribution >= 4 is 55.4 Å². The number of benzene rings is 1. The number of piperidine rings is 1. The second kappa shape index (κ2) is 8.54. The highest BCUT2D eigenvalue weighted by atomic mass is 32.1. The number of nitrogens with one attached hydrogen (secondary N) is 2. The molecule has 1 fully saturated rings. The Morgan fingerprint density at radius 3 is 2.59 bits per heavy atom. The molecule has 2 aliphatic heterocycles. The van der Waals surface area contributed by atoms with Crippen LogP contribution in [-0.4, -0.2) is 59.6 Å². The van der Waals surface area contributed by atoms with Crippen LogP contribution in [-0.2, 0) is 14.3 Å². The summed E-state index contributed by atoms with van der Waals surface area (Å²) in [6, 6.07) is 10.5. The van der Waals surface area contributed by atoms with E-state index in [1.165, 1.54) is 0 Å². The number of thiophene rings is 1. The molecule has 6 rings (SSSR count). The number of para-hydroxylation sites is 1. The summed E-state index contributed by atoms with van der Waals surface area (Å²) >= 11 is 1.59. The van der Waals surface area contributed by atoms with Crippen LogP contribution < -0.4 is 5.32 Å². The third kappa shape index (κ3) is 3.41. The number of imide groups is 1. The van der Waals surface area contributed by atoms with E-state index in [1.54, 1.807) is 18.4 Å². The predicted octanol–water partition coefficient (Wildman–Crippen LogP) is 4.03. The Balaban J connectivity index is 1.45. The van der Waals surface area contributed by atoms with Gasteiger partial charge >= 0.3 is 0 Å². The highest BCUT2D eigenvalue weighted by Gasteiger charge is 2.35. The second-order valence-electron chi connectivity index (χ2n) is 8.93. The zero-order valence-electron chi connectivity index (χ0n) is 19.0. The van der Waals surface area contributed by atoms with Crippen molar-refractivity contribution < 1.29 is 14.3 Å². The number of hydrogen-bond donors (Lipinski definition) is 2. The van der Waals surface area contributed by atoms with Gasteiger partial charge in [-0.05, 0) is 30.4 Å². The molecule has 34 heavy (non-hydrogen) atoms. The Labute approximate surface area is 201 Å². The fourth-order valence-corrected chi connectivity index (χ4v) is 6.14. The number of aromatic amines is 1. The Morgan fingerprint density at radius 1 is 1.03 bits per heavy atom. The number of carbonyl (C=O) groups excluding carboxylic acids is 2. The maximum absolute atomic E-state index is 13.1. The fraction of sp³-hybridized carbons (Fsp3) is 0.308. The van der Waals surface area contributed by atoms with E-state index >= 15 is 0 Å². The lowest BCUT2D eigenvalue weighted by Gasteiger charge is -2.33. The number of H-pyrrole nitrogens is 1. The van der Waals surface area contributed by atoms with Crippen LogP contribution in [0.4, 0.5) is 0 Å². The normalized spacial score (nSPS) is 18.0. The minimum Gasteiger partial charge on any atom is -0.383 e. The molecule has 5 heterocycles. The second-order valence-corrected chi connectivity index (χ2v) is 9.85. The number of methoxy groups -OCH3 is 1. The first-order valence-electron chi connectivity index (χ1n) is 11.6. The molecular formula is C26H26N4O3S. The van der Waals surface area contributed by atoms with Crippen molar-refractivity contribution in [3.63, 3.8) is 0 Å². The average molecular weight is 475 g/mol. The third-order valence-corrected chi connectivity index (χ3v) is 7.92. The molecule has 0 saturated carbocycles. The van der Waals surface area contributed by atoms with Gasteiger partial charge in [-0.15, -0.1) is 11.3 Å². The van der Waals surface area contributed by atoms with Crippen molar-refractivity contribution in [2.45, 2.75) is 18.9 Å². The maximum Gasteiger partial charge on any atom is 0.259 e. The summed E-state index contributed by atoms with van der Waals surface area (Å²) in [5.41, 5.74) is 3.61. The number of ether oxygens (including phenoxy) is 1. The standard InChI is InChI=1S/C26H26N4O3S/c1-33-12-11-29-9-6-16(7-10-29)30-15-20(17-4-2-3-5-21(17)30)23-22(24(31)28-25(23)32)19-14-27-26-18(19)8-13-34-26/h2-5,8,13-16,27H,6-7,9-12H2,1H3,(H,28,31,32). The van der Waals surface area contributed by atoms with Gasteiger partial charge in [0.15, 0.2) is 0 Å². The average Bonchev–Trinajstić information content (AvgIpc) is 3.61. The molecule has 7 nitrogen and oxygen atoms in total. The number of aromatic nitrogens is 2. The van der Waals surface area contributed by atoms with Gasteiger partial charge in [0.1, 0.15) is 4.83 Å². The highest BCUT2D eigenvalue weighted by Crippen LogP contribution is 2.40. The third-order valence-electron chi connectivity index (χ3n) is 7.08. The number of rotatable bonds is 6. The summed E-state index contributed by atoms with van der Waals surface area (Å²) in [5, 5.41) is 6.51. The Kier molecular flexibility index (Phi) is 5.36. The number of fused-ring (bicyclic) bond motifs is 2. The van der Waals surface area contributed by atoms with Gasteiger partial charge < -0.3 is 19.2 Å². The molecular weight excluding hydrogens is 448 g/mol. The molecule has 2 aliphatic rings. The van der Waals surface area contributed by atoms with Crippen LogP contribution in [0.5, 0.6) is 0 Å². The molecule has 8 heteroatoms. The Hall–Kier alpha value is -3.20. The lowest BCUT2D eigenvalue weighted by Crippen LogP contribution is -2.36. The van der Waals surface area contributed by atoms with Crippen molar-refractivity contribution in [1.29, 1.82) is 0 Å². The molecule has 0 spiro atoms. The van der Waals surface area contributed by atoms with E-state index in [4.69, 9.17) is 4.74 Å². The molecule has 174 valence electrons. The summed E-state index contributed by atoms with van der Waals surface area (Å²) in [5.74, 6) is -0.669. The van der Waals surface area contributed by atoms with Crippen molar-refractivity contribution in [2.75, 3.05) is 33.4 Å². The van der Waals surface area contributed by atoms with Crippen LogP contribution >= 0.6 is 11.3 Å². The quantitative estimate of drug-likeness (QED) is 0.414. The molecule has 0 aliphatic carbocycles. The van der Waals surface area contributed by atoms with Gasteiger partial charge in [0.25, 0.3) is 11.8 Å². The number of carbonyl (C=O) groups is 2. The van der Waals surface area contributed by atoms with E-state index in [9.17, 15) is 9.59 Å². The topological polar surface area (TPSA) is 79.4 Å². The monoisotopic (exact) mass is 474 g/mol. The molecule has 4 aromatic rings. The van der Waals surface area contributed by atoms with Gasteiger partial charge in [-0.3, -0.25) is 14.9 Å². The molecule has 3 aromatic heterocycles. The lowest BCUT2D eigenvalue weighted by atomic mass is 9.96. The molecule has 0 atom stereocenters. The lowest BCUT2D eigenvalue weighted by molar-refractivity contribution is -0.122. The first-order chi connectivity index (χ1) is 16.7. The number of nitrogens with zero attached hydrogens (tertiary/aromatic N) is 2. The van der Waals surface area contributed by atoms with Crippen LogP contribution in [0.25, 0.3) is 32.3 Å². The van der Waals surface area contributed by atoms with Gasteiger partial charge in [-0.25, -0.2) is 0 Å². The summed E-state index contributed by atoms with van der Waals surface area (Å²) in [4.78, 5) is 32.8. The van der Waals surface area contributed by atoms with Crippen molar-refractivity contribution in [1.82, 2.24) is 19.8 Å². The van der Waals surface area contributed by atoms with Gasteiger partial charge in [-0.1, -0.05) is 18.2 Å². The summed E-state index contributed by atoms with van der Waals surface area (Å²) in [6.07, 6.45) is 5.99. The first-order valence-corrected chi connectivity index (χ1v) is 12.5. The van der Waals surface area contributed by atoms with Crippen LogP contribution in [0.1, 0.15) is 30.0 Å². The van der Waals surface area contributed by atoms with Gasteiger partial charge in [0.05, 0.1) is 17.8 Å². The van der Waals surface area contributed by atoms with Crippen LogP contribution in [0.3, 0.4) is 0 Å². The van der Waals surface area contributed by atoms with Crippen LogP contribution in [0.15, 0.2) is 48.1 Å². The zero-order chi connectivity index (χ0) is 23.2. The number of likely N-dealkylation sites (tertiary alicyclic amines) is 1. The highest BCUT2D eigenvalue weighted by molar-refractivity contribution is 7.16. The van der Waals surface area contributed by atoms with E-state index in [-0.39, 0.29) is 11.8 Å². The minimum absolute atomic E-state index is 0.332. The SMILES string of the molecule is COCCN1CCC(n2cc(C3=C(c4c[nH]c5sccc45)C(=O)NC3=O)c3ccccc32)CC1. The van der Waals surface area contributed by atoms with Gasteiger partial charge in [0.2, 0.25) is 0 Å². The molecule has 2 amide bonds. The fourth-order valence-electron chi connectivity index (χ4n) is 5.37. The largest absolute Gasteiger partial charge is 0.383 e. The number of hydrogen-bond acceptors (Lipinski definition) is 5. The predicted molar refractivity (Wildman–Crippen MR) is 135 cm³/mol. The van der Waals surface area contributed by atoms with E-state index < -0.39 is 0 Å². The Bertz CT molecular complexity index is 1430. The molecule has 1 aromatic carbocycles. The zero-order valence-corrected chi connectivity index (χ0v) is 19.8. The summed E-state index contributed by atoms with van der Waals surface area (Å²) in [7, 11) is 1.74. The molecule has 0 unspecified atom stereocenters. The summed E-state index contributed by atoms with van der Waals surface area (Å²) < 4.78 is 7.55. The van der Waals surface area contributed by atoms with Crippen LogP contribution in [0, 0.1) is 0 Å². The maximum atomic E-state index is 13.1. The molecule has 2 N–H and O–H groups in total. The molecule has 0 bridgehead atoms. The van der Waals surface area contributed by atoms with E-state index in [0.29, 0.717) is 17.2 Å².